The van der Waals surface area contributed by atoms with Crippen molar-refractivity contribution in [2.45, 2.75) is 43.7 Å². The highest BCUT2D eigenvalue weighted by atomic mass is 35.5. The molecule has 0 spiro atoms. The number of sulfonamides is 1. The maximum atomic E-state index is 13.2. The number of likely N-dealkylation sites (N-methyl/N-ethyl adjacent to an activating group) is 1. The number of carbonyl (C=O) groups excluding carboxylic acids is 3. The summed E-state index contributed by atoms with van der Waals surface area (Å²) in [5.74, 6) is -1.29. The van der Waals surface area contributed by atoms with Crippen molar-refractivity contribution in [1.29, 1.82) is 0 Å². The lowest BCUT2D eigenvalue weighted by molar-refractivity contribution is -0.141. The van der Waals surface area contributed by atoms with E-state index in [-0.39, 0.29) is 48.2 Å². The number of halogens is 2. The number of amides is 3. The minimum Gasteiger partial charge on any atom is -0.357 e. The summed E-state index contributed by atoms with van der Waals surface area (Å²) in [6, 6.07) is 10.2. The minimum atomic E-state index is -3.95. The Labute approximate surface area is 208 Å². The Hall–Kier alpha value is -2.62. The van der Waals surface area contributed by atoms with Gasteiger partial charge in [-0.3, -0.25) is 14.4 Å². The quantitative estimate of drug-likeness (QED) is 0.539. The highest BCUT2D eigenvalue weighted by Gasteiger charge is 2.40. The first-order chi connectivity index (χ1) is 16.1. The first-order valence-electron chi connectivity index (χ1n) is 10.7. The number of nitrogens with zero attached hydrogens (tertiary/aromatic N) is 2. The van der Waals surface area contributed by atoms with Crippen LogP contribution >= 0.6 is 23.2 Å². The van der Waals surface area contributed by atoms with E-state index in [1.54, 1.807) is 37.3 Å². The molecule has 0 bridgehead atoms. The zero-order valence-corrected chi connectivity index (χ0v) is 21.1. The SMILES string of the molecule is CC[C@@H](C(=O)NC)N(Cc1ccc(Cl)cc1Cl)C(=O)CCCN1C(=O)c2ccccc2S1(=O)=O. The number of fused-ring (bicyclic) bond motifs is 1. The molecule has 0 aliphatic carbocycles. The molecular formula is C23H25Cl2N3O5S. The monoisotopic (exact) mass is 525 g/mol. The van der Waals surface area contributed by atoms with Crippen LogP contribution in [0.15, 0.2) is 47.4 Å². The largest absolute Gasteiger partial charge is 0.357 e. The van der Waals surface area contributed by atoms with Gasteiger partial charge in [-0.15, -0.1) is 0 Å². The van der Waals surface area contributed by atoms with Crippen LogP contribution in [0.3, 0.4) is 0 Å². The topological polar surface area (TPSA) is 104 Å². The summed E-state index contributed by atoms with van der Waals surface area (Å²) in [7, 11) is -2.46. The summed E-state index contributed by atoms with van der Waals surface area (Å²) in [5.41, 5.74) is 0.744. The summed E-state index contributed by atoms with van der Waals surface area (Å²) < 4.78 is 26.2. The van der Waals surface area contributed by atoms with Crippen LogP contribution in [-0.4, -0.2) is 55.0 Å². The molecule has 0 saturated heterocycles. The van der Waals surface area contributed by atoms with E-state index in [2.05, 4.69) is 5.32 Å². The maximum absolute atomic E-state index is 13.2. The third-order valence-corrected chi connectivity index (χ3v) is 8.08. The molecule has 0 saturated carbocycles. The van der Waals surface area contributed by atoms with Crippen molar-refractivity contribution in [3.05, 3.63) is 63.6 Å². The van der Waals surface area contributed by atoms with E-state index in [1.165, 1.54) is 24.1 Å². The third-order valence-electron chi connectivity index (χ3n) is 5.65. The van der Waals surface area contributed by atoms with Crippen LogP contribution in [0.4, 0.5) is 0 Å². The van der Waals surface area contributed by atoms with E-state index in [4.69, 9.17) is 23.2 Å². The average molecular weight is 526 g/mol. The van der Waals surface area contributed by atoms with Gasteiger partial charge in [-0.25, -0.2) is 12.7 Å². The van der Waals surface area contributed by atoms with E-state index in [9.17, 15) is 22.8 Å². The van der Waals surface area contributed by atoms with Crippen LogP contribution in [0.25, 0.3) is 0 Å². The highest BCUT2D eigenvalue weighted by molar-refractivity contribution is 7.90. The van der Waals surface area contributed by atoms with Crippen LogP contribution in [0.2, 0.25) is 10.0 Å². The Morgan fingerprint density at radius 2 is 1.85 bits per heavy atom. The third kappa shape index (κ3) is 5.21. The standard InChI is InChI=1S/C23H25Cl2N3O5S/c1-3-19(22(30)26-2)27(14-15-10-11-16(24)13-18(15)25)21(29)9-6-12-28-23(31)17-7-4-5-8-20(17)34(28,32)33/h4-5,7-8,10-11,13,19H,3,6,9,12,14H2,1-2H3,(H,26,30)/t19-/m0/s1. The molecule has 34 heavy (non-hydrogen) atoms. The molecular weight excluding hydrogens is 501 g/mol. The minimum absolute atomic E-state index is 0.0315. The van der Waals surface area contributed by atoms with Gasteiger partial charge in [0.2, 0.25) is 11.8 Å². The van der Waals surface area contributed by atoms with Crippen molar-refractivity contribution in [2.24, 2.45) is 0 Å². The molecule has 0 unspecified atom stereocenters. The first kappa shape index (κ1) is 26.0. The molecule has 8 nitrogen and oxygen atoms in total. The second-order valence-corrected chi connectivity index (χ2v) is 10.5. The molecule has 0 fully saturated rings. The van der Waals surface area contributed by atoms with Crippen molar-refractivity contribution in [2.75, 3.05) is 13.6 Å². The molecule has 3 rings (SSSR count). The number of benzene rings is 2. The van der Waals surface area contributed by atoms with Gasteiger partial charge in [0.05, 0.1) is 5.56 Å². The number of rotatable bonds is 9. The molecule has 1 N–H and O–H groups in total. The van der Waals surface area contributed by atoms with Gasteiger partial charge in [-0.2, -0.15) is 0 Å². The molecule has 2 aromatic rings. The molecule has 11 heteroatoms. The van der Waals surface area contributed by atoms with E-state index in [0.717, 1.165) is 4.31 Å². The van der Waals surface area contributed by atoms with Gasteiger partial charge in [0.15, 0.2) is 0 Å². The Morgan fingerprint density at radius 1 is 1.15 bits per heavy atom. The smallest absolute Gasteiger partial charge is 0.269 e. The van der Waals surface area contributed by atoms with Crippen molar-refractivity contribution in [3.8, 4) is 0 Å². The lowest BCUT2D eigenvalue weighted by Gasteiger charge is -2.30. The van der Waals surface area contributed by atoms with E-state index in [0.29, 0.717) is 22.0 Å². The number of nitrogens with one attached hydrogen (secondary N) is 1. The Bertz CT molecular complexity index is 1220. The van der Waals surface area contributed by atoms with Crippen molar-refractivity contribution in [1.82, 2.24) is 14.5 Å². The number of hydrogen-bond donors (Lipinski definition) is 1. The van der Waals surface area contributed by atoms with Crippen LogP contribution in [0.5, 0.6) is 0 Å². The lowest BCUT2D eigenvalue weighted by Crippen LogP contribution is -2.48. The molecule has 1 aliphatic heterocycles. The summed E-state index contributed by atoms with van der Waals surface area (Å²) in [6.07, 6.45) is 0.409. The fourth-order valence-corrected chi connectivity index (χ4v) is 5.96. The van der Waals surface area contributed by atoms with Crippen LogP contribution in [0, 0.1) is 0 Å². The van der Waals surface area contributed by atoms with Gasteiger partial charge in [0, 0.05) is 36.6 Å². The summed E-state index contributed by atoms with van der Waals surface area (Å²) in [5, 5.41) is 3.38. The zero-order valence-electron chi connectivity index (χ0n) is 18.8. The second-order valence-electron chi connectivity index (χ2n) is 7.78. The normalized spacial score (nSPS) is 15.1. The van der Waals surface area contributed by atoms with E-state index in [1.807, 2.05) is 0 Å². The fourth-order valence-electron chi connectivity index (χ4n) is 3.89. The Morgan fingerprint density at radius 3 is 2.47 bits per heavy atom. The van der Waals surface area contributed by atoms with Crippen molar-refractivity contribution in [3.63, 3.8) is 0 Å². The molecule has 0 radical (unpaired) electrons. The van der Waals surface area contributed by atoms with Crippen molar-refractivity contribution >= 4 is 50.9 Å². The lowest BCUT2D eigenvalue weighted by atomic mass is 10.1. The number of hydrogen-bond acceptors (Lipinski definition) is 5. The highest BCUT2D eigenvalue weighted by Crippen LogP contribution is 2.30. The molecule has 2 aromatic carbocycles. The van der Waals surface area contributed by atoms with Gasteiger partial charge in [-0.05, 0) is 42.7 Å². The van der Waals surface area contributed by atoms with Crippen LogP contribution in [0.1, 0.15) is 42.1 Å². The maximum Gasteiger partial charge on any atom is 0.269 e. The van der Waals surface area contributed by atoms with Gasteiger partial charge >= 0.3 is 0 Å². The van der Waals surface area contributed by atoms with Gasteiger partial charge in [0.25, 0.3) is 15.9 Å². The number of carbonyl (C=O) groups is 3. The predicted molar refractivity (Wildman–Crippen MR) is 129 cm³/mol. The predicted octanol–water partition coefficient (Wildman–Crippen LogP) is 3.47. The zero-order chi connectivity index (χ0) is 25.0. The van der Waals surface area contributed by atoms with E-state index >= 15 is 0 Å². The molecule has 182 valence electrons. The van der Waals surface area contributed by atoms with Gasteiger partial charge < -0.3 is 10.2 Å². The Balaban J connectivity index is 1.75. The second kappa shape index (κ2) is 10.8. The molecule has 3 amide bonds. The summed E-state index contributed by atoms with van der Waals surface area (Å²) in [4.78, 5) is 39.6. The summed E-state index contributed by atoms with van der Waals surface area (Å²) >= 11 is 12.3. The van der Waals surface area contributed by atoms with Gasteiger partial charge in [-0.1, -0.05) is 48.3 Å². The van der Waals surface area contributed by atoms with Crippen LogP contribution < -0.4 is 5.32 Å². The van der Waals surface area contributed by atoms with Crippen molar-refractivity contribution < 1.29 is 22.8 Å². The first-order valence-corrected chi connectivity index (χ1v) is 12.9. The summed E-state index contributed by atoms with van der Waals surface area (Å²) in [6.45, 7) is 1.72. The molecule has 1 heterocycles. The fraction of sp³-hybridized carbons (Fsp3) is 0.348. The average Bonchev–Trinajstić information content (AvgIpc) is 3.00. The van der Waals surface area contributed by atoms with E-state index < -0.39 is 22.0 Å². The molecule has 1 atom stereocenters. The van der Waals surface area contributed by atoms with Gasteiger partial charge in [0.1, 0.15) is 10.9 Å². The van der Waals surface area contributed by atoms with Crippen LogP contribution in [-0.2, 0) is 26.2 Å². The molecule has 0 aromatic heterocycles. The Kier molecular flexibility index (Phi) is 8.22. The molecule has 1 aliphatic rings.